The second-order valence-corrected chi connectivity index (χ2v) is 7.29. The Morgan fingerprint density at radius 1 is 1.10 bits per heavy atom. The summed E-state index contributed by atoms with van der Waals surface area (Å²) in [6.07, 6.45) is 1.63. The highest BCUT2D eigenvalue weighted by Gasteiger charge is 2.34. The van der Waals surface area contributed by atoms with Gasteiger partial charge in [-0.05, 0) is 61.9 Å². The minimum atomic E-state index is -0.583. The van der Waals surface area contributed by atoms with Crippen molar-refractivity contribution in [3.05, 3.63) is 94.2 Å². The molecule has 1 aliphatic heterocycles. The quantitative estimate of drug-likeness (QED) is 0.513. The van der Waals surface area contributed by atoms with E-state index in [-0.39, 0.29) is 17.8 Å². The largest absolute Gasteiger partial charge is 0.329 e. The molecule has 2 heterocycles. The lowest BCUT2D eigenvalue weighted by Gasteiger charge is -2.12. The van der Waals surface area contributed by atoms with Gasteiger partial charge in [-0.2, -0.15) is 5.26 Å². The fourth-order valence-electron chi connectivity index (χ4n) is 3.68. The first-order valence-corrected chi connectivity index (χ1v) is 9.66. The van der Waals surface area contributed by atoms with Crippen LogP contribution in [0, 0.1) is 31.0 Å². The Morgan fingerprint density at radius 2 is 1.81 bits per heavy atom. The highest BCUT2D eigenvalue weighted by atomic mass is 19.1. The first kappa shape index (κ1) is 20.1. The molecular formula is C24H19FN4O2. The third kappa shape index (κ3) is 3.71. The van der Waals surface area contributed by atoms with E-state index in [1.54, 1.807) is 36.4 Å². The second-order valence-electron chi connectivity index (χ2n) is 7.29. The van der Waals surface area contributed by atoms with E-state index >= 15 is 0 Å². The highest BCUT2D eigenvalue weighted by Crippen LogP contribution is 2.25. The predicted octanol–water partition coefficient (Wildman–Crippen LogP) is 4.20. The maximum atomic E-state index is 13.9. The second kappa shape index (κ2) is 7.92. The number of aromatic nitrogens is 1. The van der Waals surface area contributed by atoms with E-state index in [1.165, 1.54) is 6.07 Å². The zero-order valence-corrected chi connectivity index (χ0v) is 17.0. The fourth-order valence-corrected chi connectivity index (χ4v) is 3.68. The molecular weight excluding hydrogens is 395 g/mol. The molecule has 6 nitrogen and oxygen atoms in total. The van der Waals surface area contributed by atoms with Crippen LogP contribution in [-0.2, 0) is 11.3 Å². The van der Waals surface area contributed by atoms with Gasteiger partial charge in [-0.25, -0.2) is 9.18 Å². The third-order valence-electron chi connectivity index (χ3n) is 5.27. The van der Waals surface area contributed by atoms with Crippen molar-refractivity contribution in [2.24, 2.45) is 0 Å². The molecule has 4 rings (SSSR count). The summed E-state index contributed by atoms with van der Waals surface area (Å²) in [5, 5.41) is 11.6. The van der Waals surface area contributed by atoms with Gasteiger partial charge in [-0.15, -0.1) is 0 Å². The number of amides is 3. The van der Waals surface area contributed by atoms with Crippen molar-refractivity contribution in [1.29, 1.82) is 5.26 Å². The van der Waals surface area contributed by atoms with Crippen molar-refractivity contribution in [3.63, 3.8) is 0 Å². The van der Waals surface area contributed by atoms with Crippen molar-refractivity contribution in [2.75, 3.05) is 0 Å². The number of nitrogens with one attached hydrogen (secondary N) is 1. The lowest BCUT2D eigenvalue weighted by atomic mass is 10.2. The van der Waals surface area contributed by atoms with Gasteiger partial charge < -0.3 is 9.88 Å². The maximum Gasteiger partial charge on any atom is 0.329 e. The van der Waals surface area contributed by atoms with Gasteiger partial charge in [0.1, 0.15) is 11.5 Å². The Hall–Kier alpha value is -4.18. The molecule has 31 heavy (non-hydrogen) atoms. The molecule has 0 saturated carbocycles. The zero-order chi connectivity index (χ0) is 22.1. The Morgan fingerprint density at radius 3 is 2.48 bits per heavy atom. The maximum absolute atomic E-state index is 13.9. The van der Waals surface area contributed by atoms with Gasteiger partial charge in [0, 0.05) is 22.6 Å². The van der Waals surface area contributed by atoms with Crippen LogP contribution in [-0.4, -0.2) is 21.4 Å². The molecule has 0 spiro atoms. The number of carbonyl (C=O) groups excluding carboxylic acids is 2. The molecule has 0 unspecified atom stereocenters. The summed E-state index contributed by atoms with van der Waals surface area (Å²) >= 11 is 0. The minimum absolute atomic E-state index is 0.140. The topological polar surface area (TPSA) is 78.1 Å². The molecule has 1 aromatic heterocycles. The van der Waals surface area contributed by atoms with Gasteiger partial charge in [0.25, 0.3) is 5.91 Å². The molecule has 3 aromatic rings. The van der Waals surface area contributed by atoms with Crippen molar-refractivity contribution in [2.45, 2.75) is 20.4 Å². The number of rotatable bonds is 4. The lowest BCUT2D eigenvalue weighted by Crippen LogP contribution is -2.30. The van der Waals surface area contributed by atoms with Gasteiger partial charge in [0.15, 0.2) is 0 Å². The average molecular weight is 414 g/mol. The van der Waals surface area contributed by atoms with E-state index in [0.717, 1.165) is 27.5 Å². The fraction of sp³-hybridized carbons (Fsp3) is 0.125. The predicted molar refractivity (Wildman–Crippen MR) is 113 cm³/mol. The third-order valence-corrected chi connectivity index (χ3v) is 5.27. The van der Waals surface area contributed by atoms with Crippen molar-refractivity contribution in [1.82, 2.24) is 14.8 Å². The highest BCUT2D eigenvalue weighted by molar-refractivity contribution is 6.14. The van der Waals surface area contributed by atoms with Gasteiger partial charge in [0.2, 0.25) is 0 Å². The summed E-state index contributed by atoms with van der Waals surface area (Å²) in [6.45, 7) is 3.71. The van der Waals surface area contributed by atoms with Crippen molar-refractivity contribution >= 4 is 18.0 Å². The van der Waals surface area contributed by atoms with E-state index in [2.05, 4.69) is 11.4 Å². The first-order valence-electron chi connectivity index (χ1n) is 9.66. The summed E-state index contributed by atoms with van der Waals surface area (Å²) < 4.78 is 16.0. The zero-order valence-electron chi connectivity index (χ0n) is 17.0. The van der Waals surface area contributed by atoms with Crippen LogP contribution < -0.4 is 5.32 Å². The number of benzene rings is 2. The van der Waals surface area contributed by atoms with Crippen LogP contribution in [0.15, 0.2) is 60.3 Å². The molecule has 0 aliphatic carbocycles. The van der Waals surface area contributed by atoms with E-state index in [9.17, 15) is 14.0 Å². The van der Waals surface area contributed by atoms with Crippen LogP contribution in [0.4, 0.5) is 9.18 Å². The summed E-state index contributed by atoms with van der Waals surface area (Å²) in [5.41, 5.74) is 4.47. The number of nitriles is 1. The number of urea groups is 1. The van der Waals surface area contributed by atoms with Crippen LogP contribution in [0.1, 0.15) is 28.1 Å². The standard InChI is InChI=1S/C24H19FN4O2/c1-15-11-19(16(2)29(15)20-9-7-17(13-26)8-10-20)12-22-23(30)28(24(31)27-22)14-18-5-3-4-6-21(18)25/h3-12H,14H2,1-2H3,(H,27,31)/b22-12+. The molecule has 3 amide bonds. The monoisotopic (exact) mass is 414 g/mol. The molecule has 0 atom stereocenters. The Balaban J connectivity index is 1.63. The first-order chi connectivity index (χ1) is 14.9. The number of nitrogens with zero attached hydrogens (tertiary/aromatic N) is 3. The molecule has 1 saturated heterocycles. The van der Waals surface area contributed by atoms with E-state index in [4.69, 9.17) is 5.26 Å². The van der Waals surface area contributed by atoms with E-state index in [1.807, 2.05) is 36.6 Å². The van der Waals surface area contributed by atoms with Gasteiger partial charge in [-0.3, -0.25) is 9.69 Å². The van der Waals surface area contributed by atoms with Crippen LogP contribution in [0.25, 0.3) is 11.8 Å². The van der Waals surface area contributed by atoms with Crippen molar-refractivity contribution in [3.8, 4) is 11.8 Å². The SMILES string of the molecule is Cc1cc(/C=C2/NC(=O)N(Cc3ccccc3F)C2=O)c(C)n1-c1ccc(C#N)cc1. The summed E-state index contributed by atoms with van der Waals surface area (Å²) in [5.74, 6) is -0.970. The number of hydrogen-bond acceptors (Lipinski definition) is 3. The molecule has 1 N–H and O–H groups in total. The molecule has 2 aromatic carbocycles. The molecule has 7 heteroatoms. The molecule has 0 radical (unpaired) electrons. The van der Waals surface area contributed by atoms with Crippen LogP contribution in [0.2, 0.25) is 0 Å². The number of carbonyl (C=O) groups is 2. The van der Waals surface area contributed by atoms with Gasteiger partial charge in [0.05, 0.1) is 18.2 Å². The summed E-state index contributed by atoms with van der Waals surface area (Å²) in [4.78, 5) is 26.1. The molecule has 1 fully saturated rings. The molecule has 154 valence electrons. The summed E-state index contributed by atoms with van der Waals surface area (Å²) in [6, 6.07) is 16.7. The van der Waals surface area contributed by atoms with Crippen LogP contribution >= 0.6 is 0 Å². The normalized spacial score (nSPS) is 14.8. The molecule has 0 bridgehead atoms. The average Bonchev–Trinajstić information content (AvgIpc) is 3.19. The number of halogens is 1. The van der Waals surface area contributed by atoms with Crippen LogP contribution in [0.3, 0.4) is 0 Å². The molecule has 1 aliphatic rings. The Kier molecular flexibility index (Phi) is 5.14. The Labute approximate surface area is 178 Å². The summed E-state index contributed by atoms with van der Waals surface area (Å²) in [7, 11) is 0. The van der Waals surface area contributed by atoms with Gasteiger partial charge in [-0.1, -0.05) is 18.2 Å². The minimum Gasteiger partial charge on any atom is -0.318 e. The lowest BCUT2D eigenvalue weighted by molar-refractivity contribution is -0.123. The number of aryl methyl sites for hydroxylation is 1. The van der Waals surface area contributed by atoms with Crippen molar-refractivity contribution < 1.29 is 14.0 Å². The number of hydrogen-bond donors (Lipinski definition) is 1. The Bertz CT molecular complexity index is 1270. The smallest absolute Gasteiger partial charge is 0.318 e. The van der Waals surface area contributed by atoms with Crippen LogP contribution in [0.5, 0.6) is 0 Å². The van der Waals surface area contributed by atoms with E-state index < -0.39 is 17.8 Å². The number of imide groups is 1. The van der Waals surface area contributed by atoms with Gasteiger partial charge >= 0.3 is 6.03 Å². The van der Waals surface area contributed by atoms with E-state index in [0.29, 0.717) is 5.56 Å².